The standard InChI is InChI=1S/C17H28N2O2/c1-14(2)18-12-15-5-4-6-17(11-15)21-10-8-19(3)16-7-9-20-13-16/h4-6,11,14,16,18H,7-10,12-13H2,1-3H3. The summed E-state index contributed by atoms with van der Waals surface area (Å²) in [5, 5.41) is 3.42. The molecule has 21 heavy (non-hydrogen) atoms. The molecule has 1 aliphatic heterocycles. The Labute approximate surface area is 128 Å². The zero-order valence-corrected chi connectivity index (χ0v) is 13.5. The minimum atomic E-state index is 0.497. The van der Waals surface area contributed by atoms with Gasteiger partial charge in [-0.25, -0.2) is 0 Å². The molecule has 1 unspecified atom stereocenters. The molecular weight excluding hydrogens is 264 g/mol. The molecule has 0 saturated carbocycles. The Kier molecular flexibility index (Phi) is 6.49. The third-order valence-electron chi connectivity index (χ3n) is 3.85. The van der Waals surface area contributed by atoms with Crippen molar-refractivity contribution >= 4 is 0 Å². The van der Waals surface area contributed by atoms with Crippen LogP contribution in [0, 0.1) is 0 Å². The average molecular weight is 292 g/mol. The van der Waals surface area contributed by atoms with Gasteiger partial charge < -0.3 is 14.8 Å². The van der Waals surface area contributed by atoms with Gasteiger partial charge in [0.2, 0.25) is 0 Å². The van der Waals surface area contributed by atoms with Gasteiger partial charge in [-0.2, -0.15) is 0 Å². The Morgan fingerprint density at radius 2 is 2.29 bits per heavy atom. The number of likely N-dealkylation sites (N-methyl/N-ethyl adjacent to an activating group) is 1. The van der Waals surface area contributed by atoms with Crippen LogP contribution in [-0.4, -0.2) is 50.4 Å². The fourth-order valence-electron chi connectivity index (χ4n) is 2.43. The molecule has 2 rings (SSSR count). The van der Waals surface area contributed by atoms with E-state index >= 15 is 0 Å². The largest absolute Gasteiger partial charge is 0.492 e. The first-order valence-corrected chi connectivity index (χ1v) is 7.88. The van der Waals surface area contributed by atoms with Gasteiger partial charge in [-0.3, -0.25) is 4.90 Å². The lowest BCUT2D eigenvalue weighted by Crippen LogP contribution is -2.35. The quantitative estimate of drug-likeness (QED) is 0.797. The Morgan fingerprint density at radius 3 is 3.00 bits per heavy atom. The van der Waals surface area contributed by atoms with E-state index < -0.39 is 0 Å². The number of hydrogen-bond donors (Lipinski definition) is 1. The minimum Gasteiger partial charge on any atom is -0.492 e. The summed E-state index contributed by atoms with van der Waals surface area (Å²) in [6.45, 7) is 8.59. The van der Waals surface area contributed by atoms with Gasteiger partial charge in [0.25, 0.3) is 0 Å². The monoisotopic (exact) mass is 292 g/mol. The maximum absolute atomic E-state index is 5.87. The number of ether oxygens (including phenoxy) is 2. The maximum atomic E-state index is 5.87. The number of rotatable bonds is 8. The molecular formula is C17H28N2O2. The van der Waals surface area contributed by atoms with E-state index in [1.54, 1.807) is 0 Å². The molecule has 1 fully saturated rings. The molecule has 1 N–H and O–H groups in total. The van der Waals surface area contributed by atoms with E-state index in [9.17, 15) is 0 Å². The highest BCUT2D eigenvalue weighted by molar-refractivity contribution is 5.28. The third kappa shape index (κ3) is 5.65. The van der Waals surface area contributed by atoms with Crippen molar-refractivity contribution in [1.82, 2.24) is 10.2 Å². The molecule has 0 aromatic heterocycles. The summed E-state index contributed by atoms with van der Waals surface area (Å²) in [4.78, 5) is 2.33. The summed E-state index contributed by atoms with van der Waals surface area (Å²) in [6, 6.07) is 9.38. The molecule has 4 heteroatoms. The van der Waals surface area contributed by atoms with Crippen molar-refractivity contribution in [1.29, 1.82) is 0 Å². The van der Waals surface area contributed by atoms with Crippen LogP contribution >= 0.6 is 0 Å². The molecule has 1 aromatic rings. The van der Waals surface area contributed by atoms with Crippen molar-refractivity contribution < 1.29 is 9.47 Å². The SMILES string of the molecule is CC(C)NCc1cccc(OCCN(C)C2CCOC2)c1. The van der Waals surface area contributed by atoms with E-state index in [1.807, 2.05) is 6.07 Å². The molecule has 1 heterocycles. The number of nitrogens with one attached hydrogen (secondary N) is 1. The second kappa shape index (κ2) is 8.37. The second-order valence-corrected chi connectivity index (χ2v) is 6.03. The number of nitrogens with zero attached hydrogens (tertiary/aromatic N) is 1. The Balaban J connectivity index is 1.73. The lowest BCUT2D eigenvalue weighted by atomic mass is 10.2. The van der Waals surface area contributed by atoms with E-state index in [4.69, 9.17) is 9.47 Å². The second-order valence-electron chi connectivity index (χ2n) is 6.03. The smallest absolute Gasteiger partial charge is 0.119 e. The summed E-state index contributed by atoms with van der Waals surface area (Å²) in [7, 11) is 2.14. The molecule has 1 aliphatic rings. The first-order valence-electron chi connectivity index (χ1n) is 7.88. The van der Waals surface area contributed by atoms with Crippen LogP contribution in [0.5, 0.6) is 5.75 Å². The number of benzene rings is 1. The molecule has 1 atom stereocenters. The highest BCUT2D eigenvalue weighted by atomic mass is 16.5. The van der Waals surface area contributed by atoms with Gasteiger partial charge in [0.1, 0.15) is 12.4 Å². The summed E-state index contributed by atoms with van der Waals surface area (Å²) in [6.07, 6.45) is 1.13. The lowest BCUT2D eigenvalue weighted by Gasteiger charge is -2.22. The molecule has 1 saturated heterocycles. The van der Waals surface area contributed by atoms with E-state index in [0.717, 1.165) is 38.5 Å². The molecule has 0 radical (unpaired) electrons. The van der Waals surface area contributed by atoms with Crippen molar-refractivity contribution in [3.63, 3.8) is 0 Å². The Hall–Kier alpha value is -1.10. The molecule has 1 aromatic carbocycles. The summed E-state index contributed by atoms with van der Waals surface area (Å²) in [5.74, 6) is 0.953. The normalized spacial score (nSPS) is 18.6. The summed E-state index contributed by atoms with van der Waals surface area (Å²) < 4.78 is 11.3. The predicted octanol–water partition coefficient (Wildman–Crippen LogP) is 2.28. The molecule has 0 spiro atoms. The molecule has 4 nitrogen and oxygen atoms in total. The van der Waals surface area contributed by atoms with Gasteiger partial charge in [-0.1, -0.05) is 26.0 Å². The van der Waals surface area contributed by atoms with Crippen molar-refractivity contribution in [3.05, 3.63) is 29.8 Å². The van der Waals surface area contributed by atoms with Crippen LogP contribution in [0.4, 0.5) is 0 Å². The average Bonchev–Trinajstić information content (AvgIpc) is 3.00. The van der Waals surface area contributed by atoms with Crippen LogP contribution in [0.15, 0.2) is 24.3 Å². The van der Waals surface area contributed by atoms with E-state index in [2.05, 4.69) is 49.3 Å². The fourth-order valence-corrected chi connectivity index (χ4v) is 2.43. The van der Waals surface area contributed by atoms with E-state index in [0.29, 0.717) is 18.7 Å². The molecule has 0 amide bonds. The highest BCUT2D eigenvalue weighted by Crippen LogP contribution is 2.14. The molecule has 118 valence electrons. The maximum Gasteiger partial charge on any atom is 0.119 e. The summed E-state index contributed by atoms with van der Waals surface area (Å²) >= 11 is 0. The van der Waals surface area contributed by atoms with Crippen LogP contribution in [-0.2, 0) is 11.3 Å². The highest BCUT2D eigenvalue weighted by Gasteiger charge is 2.19. The van der Waals surface area contributed by atoms with Crippen LogP contribution < -0.4 is 10.1 Å². The molecule has 0 aliphatic carbocycles. The van der Waals surface area contributed by atoms with Gasteiger partial charge >= 0.3 is 0 Å². The zero-order chi connectivity index (χ0) is 15.1. The van der Waals surface area contributed by atoms with Crippen LogP contribution in [0.1, 0.15) is 25.8 Å². The van der Waals surface area contributed by atoms with Crippen LogP contribution in [0.2, 0.25) is 0 Å². The van der Waals surface area contributed by atoms with Gasteiger partial charge in [-0.15, -0.1) is 0 Å². The van der Waals surface area contributed by atoms with Gasteiger partial charge in [0.15, 0.2) is 0 Å². The van der Waals surface area contributed by atoms with Crippen molar-refractivity contribution in [2.75, 3.05) is 33.4 Å². The lowest BCUT2D eigenvalue weighted by molar-refractivity contribution is 0.147. The predicted molar refractivity (Wildman–Crippen MR) is 85.8 cm³/mol. The Bertz CT molecular complexity index is 417. The van der Waals surface area contributed by atoms with E-state index in [1.165, 1.54) is 5.56 Å². The zero-order valence-electron chi connectivity index (χ0n) is 13.5. The number of hydrogen-bond acceptors (Lipinski definition) is 4. The fraction of sp³-hybridized carbons (Fsp3) is 0.647. The van der Waals surface area contributed by atoms with Gasteiger partial charge in [-0.05, 0) is 31.2 Å². The first-order chi connectivity index (χ1) is 10.1. The van der Waals surface area contributed by atoms with Crippen LogP contribution in [0.25, 0.3) is 0 Å². The first kappa shape index (κ1) is 16.3. The van der Waals surface area contributed by atoms with Crippen molar-refractivity contribution in [2.45, 2.75) is 38.9 Å². The molecule has 0 bridgehead atoms. The van der Waals surface area contributed by atoms with Crippen LogP contribution in [0.3, 0.4) is 0 Å². The van der Waals surface area contributed by atoms with Crippen molar-refractivity contribution in [2.24, 2.45) is 0 Å². The Morgan fingerprint density at radius 1 is 1.43 bits per heavy atom. The third-order valence-corrected chi connectivity index (χ3v) is 3.85. The van der Waals surface area contributed by atoms with Gasteiger partial charge in [0.05, 0.1) is 6.61 Å². The summed E-state index contributed by atoms with van der Waals surface area (Å²) in [5.41, 5.74) is 1.26. The topological polar surface area (TPSA) is 33.7 Å². The van der Waals surface area contributed by atoms with E-state index in [-0.39, 0.29) is 0 Å². The van der Waals surface area contributed by atoms with Crippen molar-refractivity contribution in [3.8, 4) is 5.75 Å². The minimum absolute atomic E-state index is 0.497. The van der Waals surface area contributed by atoms with Gasteiger partial charge in [0, 0.05) is 31.8 Å².